The van der Waals surface area contributed by atoms with E-state index >= 15 is 0 Å². The Bertz CT molecular complexity index is 968. The molecule has 1 saturated heterocycles. The molecule has 2 aromatic heterocycles. The standard InChI is InChI=1S/C18H20F2N6O/c1-11-3-4-12-13(9-11)26(17(22-12)16(19)20)15-10-14(23-18(21-2)24-15)25-5-7-27-8-6-25/h3-4,9-10,16H,5-8H2,1-2H3,(H,21,23,24). The van der Waals surface area contributed by atoms with Crippen molar-refractivity contribution >= 4 is 22.8 Å². The van der Waals surface area contributed by atoms with Crippen molar-refractivity contribution < 1.29 is 13.5 Å². The van der Waals surface area contributed by atoms with E-state index in [0.29, 0.717) is 54.9 Å². The Kier molecular flexibility index (Phi) is 4.61. The van der Waals surface area contributed by atoms with Crippen LogP contribution in [0.4, 0.5) is 20.5 Å². The molecule has 0 saturated carbocycles. The topological polar surface area (TPSA) is 68.1 Å². The predicted molar refractivity (Wildman–Crippen MR) is 98.9 cm³/mol. The summed E-state index contributed by atoms with van der Waals surface area (Å²) in [6.07, 6.45) is -2.72. The summed E-state index contributed by atoms with van der Waals surface area (Å²) in [6.45, 7) is 4.49. The molecule has 0 bridgehead atoms. The van der Waals surface area contributed by atoms with Crippen LogP contribution in [0, 0.1) is 6.92 Å². The van der Waals surface area contributed by atoms with Crippen molar-refractivity contribution in [1.29, 1.82) is 0 Å². The first-order valence-corrected chi connectivity index (χ1v) is 8.74. The molecule has 142 valence electrons. The lowest BCUT2D eigenvalue weighted by molar-refractivity contribution is 0.122. The van der Waals surface area contributed by atoms with Crippen LogP contribution < -0.4 is 10.2 Å². The Labute approximate surface area is 155 Å². The Morgan fingerprint density at radius 1 is 1.07 bits per heavy atom. The molecule has 1 fully saturated rings. The van der Waals surface area contributed by atoms with Crippen molar-refractivity contribution in [3.63, 3.8) is 0 Å². The van der Waals surface area contributed by atoms with E-state index in [2.05, 4.69) is 25.2 Å². The summed E-state index contributed by atoms with van der Waals surface area (Å²) in [5.41, 5.74) is 2.06. The highest BCUT2D eigenvalue weighted by Crippen LogP contribution is 2.29. The number of nitrogens with zero attached hydrogens (tertiary/aromatic N) is 5. The number of nitrogens with one attached hydrogen (secondary N) is 1. The van der Waals surface area contributed by atoms with E-state index in [1.54, 1.807) is 19.2 Å². The Morgan fingerprint density at radius 3 is 2.52 bits per heavy atom. The number of morpholine rings is 1. The third-order valence-electron chi connectivity index (χ3n) is 4.52. The van der Waals surface area contributed by atoms with Gasteiger partial charge in [-0.15, -0.1) is 0 Å². The zero-order valence-corrected chi connectivity index (χ0v) is 15.1. The van der Waals surface area contributed by atoms with Gasteiger partial charge in [0.05, 0.1) is 24.2 Å². The minimum Gasteiger partial charge on any atom is -0.378 e. The molecule has 0 amide bonds. The van der Waals surface area contributed by atoms with Crippen molar-refractivity contribution in [3.05, 3.63) is 35.7 Å². The van der Waals surface area contributed by atoms with Gasteiger partial charge < -0.3 is 15.0 Å². The predicted octanol–water partition coefficient (Wildman–Crippen LogP) is 2.94. The van der Waals surface area contributed by atoms with Crippen LogP contribution in [-0.4, -0.2) is 52.9 Å². The van der Waals surface area contributed by atoms with Gasteiger partial charge in [-0.2, -0.15) is 9.97 Å². The van der Waals surface area contributed by atoms with Crippen LogP contribution in [0.15, 0.2) is 24.3 Å². The van der Waals surface area contributed by atoms with Gasteiger partial charge in [-0.05, 0) is 24.6 Å². The molecule has 3 aromatic rings. The minimum absolute atomic E-state index is 0.329. The van der Waals surface area contributed by atoms with Crippen LogP contribution in [0.25, 0.3) is 16.9 Å². The molecule has 0 unspecified atom stereocenters. The summed E-state index contributed by atoms with van der Waals surface area (Å²) in [6, 6.07) is 7.16. The molecule has 27 heavy (non-hydrogen) atoms. The number of rotatable bonds is 4. The van der Waals surface area contributed by atoms with Gasteiger partial charge in [0.1, 0.15) is 11.6 Å². The molecule has 0 atom stereocenters. The highest BCUT2D eigenvalue weighted by Gasteiger charge is 2.23. The first-order valence-electron chi connectivity index (χ1n) is 8.74. The second-order valence-corrected chi connectivity index (χ2v) is 6.36. The molecule has 1 aliphatic rings. The number of alkyl halides is 2. The average molecular weight is 374 g/mol. The second kappa shape index (κ2) is 7.07. The lowest BCUT2D eigenvalue weighted by Gasteiger charge is -2.28. The lowest BCUT2D eigenvalue weighted by atomic mass is 10.2. The third kappa shape index (κ3) is 3.30. The third-order valence-corrected chi connectivity index (χ3v) is 4.52. The normalized spacial score (nSPS) is 14.9. The number of imidazole rings is 1. The van der Waals surface area contributed by atoms with Crippen LogP contribution in [0.1, 0.15) is 17.8 Å². The summed E-state index contributed by atoms with van der Waals surface area (Å²) >= 11 is 0. The zero-order chi connectivity index (χ0) is 19.0. The number of anilines is 2. The summed E-state index contributed by atoms with van der Waals surface area (Å²) in [5.74, 6) is 1.06. The zero-order valence-electron chi connectivity index (χ0n) is 15.1. The van der Waals surface area contributed by atoms with Crippen molar-refractivity contribution in [2.75, 3.05) is 43.6 Å². The fraction of sp³-hybridized carbons (Fsp3) is 0.389. The van der Waals surface area contributed by atoms with E-state index in [0.717, 1.165) is 5.56 Å². The van der Waals surface area contributed by atoms with Crippen LogP contribution in [-0.2, 0) is 4.74 Å². The van der Waals surface area contributed by atoms with Gasteiger partial charge in [0.15, 0.2) is 5.82 Å². The van der Waals surface area contributed by atoms with Crippen LogP contribution in [0.2, 0.25) is 0 Å². The van der Waals surface area contributed by atoms with Gasteiger partial charge in [0, 0.05) is 26.2 Å². The van der Waals surface area contributed by atoms with Gasteiger partial charge >= 0.3 is 0 Å². The fourth-order valence-corrected chi connectivity index (χ4v) is 3.19. The van der Waals surface area contributed by atoms with Gasteiger partial charge in [-0.1, -0.05) is 6.07 Å². The molecule has 4 rings (SSSR count). The fourth-order valence-electron chi connectivity index (χ4n) is 3.19. The van der Waals surface area contributed by atoms with E-state index in [4.69, 9.17) is 4.74 Å². The molecule has 1 aliphatic heterocycles. The Morgan fingerprint density at radius 2 is 1.81 bits per heavy atom. The van der Waals surface area contributed by atoms with Crippen LogP contribution in [0.3, 0.4) is 0 Å². The summed E-state index contributed by atoms with van der Waals surface area (Å²) in [7, 11) is 1.70. The Balaban J connectivity index is 1.92. The molecule has 3 heterocycles. The maximum atomic E-state index is 13.7. The van der Waals surface area contributed by atoms with E-state index in [1.165, 1.54) is 4.57 Å². The monoisotopic (exact) mass is 374 g/mol. The van der Waals surface area contributed by atoms with E-state index < -0.39 is 6.43 Å². The van der Waals surface area contributed by atoms with Crippen molar-refractivity contribution in [1.82, 2.24) is 19.5 Å². The number of hydrogen-bond donors (Lipinski definition) is 1. The average Bonchev–Trinajstić information content (AvgIpc) is 3.07. The highest BCUT2D eigenvalue weighted by molar-refractivity contribution is 5.79. The van der Waals surface area contributed by atoms with Gasteiger partial charge in [-0.25, -0.2) is 13.8 Å². The first kappa shape index (κ1) is 17.6. The Hall–Kier alpha value is -2.81. The first-order chi connectivity index (χ1) is 13.1. The lowest BCUT2D eigenvalue weighted by Crippen LogP contribution is -2.37. The summed E-state index contributed by atoms with van der Waals surface area (Å²) < 4.78 is 34.2. The van der Waals surface area contributed by atoms with E-state index in [-0.39, 0.29) is 5.82 Å². The second-order valence-electron chi connectivity index (χ2n) is 6.36. The van der Waals surface area contributed by atoms with Crippen LogP contribution >= 0.6 is 0 Å². The van der Waals surface area contributed by atoms with Crippen molar-refractivity contribution in [3.8, 4) is 5.82 Å². The molecular weight excluding hydrogens is 354 g/mol. The number of fused-ring (bicyclic) bond motifs is 1. The highest BCUT2D eigenvalue weighted by atomic mass is 19.3. The molecule has 0 radical (unpaired) electrons. The SMILES string of the molecule is CNc1nc(N2CCOCC2)cc(-n2c(C(F)F)nc3ccc(C)cc32)n1. The van der Waals surface area contributed by atoms with Gasteiger partial charge in [0.2, 0.25) is 5.95 Å². The summed E-state index contributed by atoms with van der Waals surface area (Å²) in [5, 5.41) is 2.92. The molecule has 0 spiro atoms. The van der Waals surface area contributed by atoms with E-state index in [1.807, 2.05) is 19.1 Å². The molecule has 1 aromatic carbocycles. The van der Waals surface area contributed by atoms with Gasteiger partial charge in [-0.3, -0.25) is 4.57 Å². The van der Waals surface area contributed by atoms with E-state index in [9.17, 15) is 8.78 Å². The van der Waals surface area contributed by atoms with Crippen LogP contribution in [0.5, 0.6) is 0 Å². The maximum absolute atomic E-state index is 13.7. The molecule has 9 heteroatoms. The smallest absolute Gasteiger partial charge is 0.296 e. The number of aromatic nitrogens is 4. The molecule has 0 aliphatic carbocycles. The molecule has 7 nitrogen and oxygen atoms in total. The summed E-state index contributed by atoms with van der Waals surface area (Å²) in [4.78, 5) is 15.1. The molecule has 1 N–H and O–H groups in total. The number of halogens is 2. The van der Waals surface area contributed by atoms with Crippen molar-refractivity contribution in [2.45, 2.75) is 13.3 Å². The number of benzene rings is 1. The quantitative estimate of drug-likeness (QED) is 0.757. The number of ether oxygens (including phenoxy) is 1. The minimum atomic E-state index is -2.72. The number of hydrogen-bond acceptors (Lipinski definition) is 6. The van der Waals surface area contributed by atoms with Crippen molar-refractivity contribution in [2.24, 2.45) is 0 Å². The molecular formula is C18H20F2N6O. The maximum Gasteiger partial charge on any atom is 0.296 e. The van der Waals surface area contributed by atoms with Gasteiger partial charge in [0.25, 0.3) is 6.43 Å². The number of aryl methyl sites for hydroxylation is 1. The largest absolute Gasteiger partial charge is 0.378 e.